The maximum absolute atomic E-state index is 13.2. The molecule has 0 bridgehead atoms. The van der Waals surface area contributed by atoms with Crippen molar-refractivity contribution in [2.45, 2.75) is 59.0 Å². The van der Waals surface area contributed by atoms with E-state index in [1.165, 1.54) is 22.3 Å². The molecule has 4 nitrogen and oxygen atoms in total. The van der Waals surface area contributed by atoms with Gasteiger partial charge in [0.2, 0.25) is 0 Å². The van der Waals surface area contributed by atoms with E-state index >= 15 is 0 Å². The van der Waals surface area contributed by atoms with E-state index in [1.807, 2.05) is 36.4 Å². The molecule has 5 heteroatoms. The van der Waals surface area contributed by atoms with Gasteiger partial charge in [0.1, 0.15) is 5.82 Å². The Bertz CT molecular complexity index is 1330. The van der Waals surface area contributed by atoms with Crippen molar-refractivity contribution in [2.75, 3.05) is 12.0 Å². The number of benzene rings is 3. The first-order valence-electron chi connectivity index (χ1n) is 12.6. The van der Waals surface area contributed by atoms with Crippen LogP contribution in [0.25, 0.3) is 11.0 Å². The van der Waals surface area contributed by atoms with Crippen LogP contribution in [0.5, 0.6) is 0 Å². The van der Waals surface area contributed by atoms with Gasteiger partial charge in [-0.3, -0.25) is 4.79 Å². The van der Waals surface area contributed by atoms with Crippen molar-refractivity contribution >= 4 is 28.7 Å². The number of fused-ring (bicyclic) bond motifs is 1. The van der Waals surface area contributed by atoms with Crippen LogP contribution in [0, 0.1) is 13.8 Å². The number of aryl methyl sites for hydroxylation is 2. The Hall–Kier alpha value is -3.05. The zero-order chi connectivity index (χ0) is 25.9. The van der Waals surface area contributed by atoms with Crippen LogP contribution < -0.4 is 5.32 Å². The lowest BCUT2D eigenvalue weighted by Gasteiger charge is -2.24. The Morgan fingerprint density at radius 2 is 1.64 bits per heavy atom. The molecular formula is C31H37N3OS. The molecule has 0 saturated heterocycles. The number of rotatable bonds is 8. The van der Waals surface area contributed by atoms with Crippen LogP contribution in [0.3, 0.4) is 0 Å². The third-order valence-corrected chi connectivity index (χ3v) is 7.47. The van der Waals surface area contributed by atoms with Gasteiger partial charge in [-0.2, -0.15) is 11.8 Å². The molecule has 0 radical (unpaired) electrons. The number of hydrogen-bond donors (Lipinski definition) is 1. The number of carbonyl (C=O) groups excluding carboxylic acids is 1. The smallest absolute Gasteiger partial charge is 0.251 e. The molecule has 3 aromatic carbocycles. The summed E-state index contributed by atoms with van der Waals surface area (Å²) in [5, 5.41) is 3.29. The molecule has 4 rings (SSSR count). The fourth-order valence-corrected chi connectivity index (χ4v) is 5.16. The minimum atomic E-state index is -0.188. The molecular weight excluding hydrogens is 462 g/mol. The second-order valence-electron chi connectivity index (χ2n) is 10.6. The first kappa shape index (κ1) is 26.0. The molecule has 0 unspecified atom stereocenters. The average Bonchev–Trinajstić information content (AvgIpc) is 3.22. The molecule has 0 aliphatic rings. The molecule has 4 aromatic rings. The topological polar surface area (TPSA) is 46.9 Å². The van der Waals surface area contributed by atoms with Crippen molar-refractivity contribution in [3.8, 4) is 0 Å². The number of imidazole rings is 1. The van der Waals surface area contributed by atoms with E-state index in [0.717, 1.165) is 35.6 Å². The van der Waals surface area contributed by atoms with E-state index in [-0.39, 0.29) is 17.4 Å². The molecule has 0 fully saturated rings. The molecule has 1 heterocycles. The number of nitrogens with zero attached hydrogens (tertiary/aromatic N) is 2. The zero-order valence-electron chi connectivity index (χ0n) is 22.3. The predicted octanol–water partition coefficient (Wildman–Crippen LogP) is 7.22. The van der Waals surface area contributed by atoms with Crippen LogP contribution in [-0.4, -0.2) is 27.5 Å². The summed E-state index contributed by atoms with van der Waals surface area (Å²) in [4.78, 5) is 18.2. The number of carbonyl (C=O) groups is 1. The number of hydrogen-bond acceptors (Lipinski definition) is 3. The number of nitrogens with one attached hydrogen (secondary N) is 1. The Balaban J connectivity index is 1.78. The second-order valence-corrected chi connectivity index (χ2v) is 11.5. The number of amides is 1. The summed E-state index contributed by atoms with van der Waals surface area (Å²) in [6, 6.07) is 22.2. The average molecular weight is 500 g/mol. The van der Waals surface area contributed by atoms with Crippen LogP contribution in [0.15, 0.2) is 66.7 Å². The summed E-state index contributed by atoms with van der Waals surface area (Å²) in [5.41, 5.74) is 8.06. The van der Waals surface area contributed by atoms with Crippen LogP contribution >= 0.6 is 11.8 Å². The van der Waals surface area contributed by atoms with E-state index in [9.17, 15) is 4.79 Å². The molecule has 0 aliphatic carbocycles. The van der Waals surface area contributed by atoms with Crippen LogP contribution in [0.1, 0.15) is 71.7 Å². The first-order valence-corrected chi connectivity index (χ1v) is 14.0. The lowest BCUT2D eigenvalue weighted by molar-refractivity contribution is 0.0933. The molecule has 1 amide bonds. The summed E-state index contributed by atoms with van der Waals surface area (Å²) in [7, 11) is 0. The summed E-state index contributed by atoms with van der Waals surface area (Å²) in [6.07, 6.45) is 2.91. The van der Waals surface area contributed by atoms with Gasteiger partial charge in [0.15, 0.2) is 0 Å². The Morgan fingerprint density at radius 3 is 2.28 bits per heavy atom. The van der Waals surface area contributed by atoms with E-state index < -0.39 is 0 Å². The predicted molar refractivity (Wildman–Crippen MR) is 153 cm³/mol. The highest BCUT2D eigenvalue weighted by atomic mass is 32.2. The van der Waals surface area contributed by atoms with Gasteiger partial charge in [-0.25, -0.2) is 4.98 Å². The molecule has 188 valence electrons. The highest BCUT2D eigenvalue weighted by Crippen LogP contribution is 2.30. The highest BCUT2D eigenvalue weighted by molar-refractivity contribution is 7.98. The number of thioether (sulfide) groups is 1. The summed E-state index contributed by atoms with van der Waals surface area (Å²) >= 11 is 1.78. The molecule has 1 N–H and O–H groups in total. The van der Waals surface area contributed by atoms with E-state index in [4.69, 9.17) is 4.98 Å². The normalized spacial score (nSPS) is 12.6. The zero-order valence-corrected chi connectivity index (χ0v) is 23.1. The summed E-state index contributed by atoms with van der Waals surface area (Å²) in [5.74, 6) is 1.77. The molecule has 1 atom stereocenters. The van der Waals surface area contributed by atoms with Crippen LogP contribution in [0.2, 0.25) is 0 Å². The molecule has 36 heavy (non-hydrogen) atoms. The van der Waals surface area contributed by atoms with Crippen molar-refractivity contribution in [3.05, 3.63) is 100 Å². The third kappa shape index (κ3) is 5.67. The molecule has 0 aliphatic heterocycles. The van der Waals surface area contributed by atoms with Crippen molar-refractivity contribution < 1.29 is 4.79 Å². The Labute approximate surface area is 219 Å². The van der Waals surface area contributed by atoms with Crippen molar-refractivity contribution in [1.29, 1.82) is 0 Å². The fourth-order valence-electron chi connectivity index (χ4n) is 4.69. The van der Waals surface area contributed by atoms with Gasteiger partial charge >= 0.3 is 0 Å². The van der Waals surface area contributed by atoms with Gasteiger partial charge in [0, 0.05) is 12.1 Å². The number of para-hydroxylation sites is 2. The monoisotopic (exact) mass is 499 g/mol. The maximum atomic E-state index is 13.2. The quantitative estimate of drug-likeness (QED) is 0.278. The Morgan fingerprint density at radius 1 is 1.00 bits per heavy atom. The van der Waals surface area contributed by atoms with E-state index in [0.29, 0.717) is 5.56 Å². The van der Waals surface area contributed by atoms with Crippen molar-refractivity contribution in [1.82, 2.24) is 14.9 Å². The fraction of sp³-hybridized carbons (Fsp3) is 0.355. The SMILES string of the molecule is CSCC[C@H](NC(=O)c1ccccc1)c1nc2ccccc2n1Cc1c(C)cc(C(C)(C)C)cc1C. The second kappa shape index (κ2) is 10.9. The van der Waals surface area contributed by atoms with Gasteiger partial charge in [-0.15, -0.1) is 0 Å². The van der Waals surface area contributed by atoms with Gasteiger partial charge in [0.05, 0.1) is 17.1 Å². The van der Waals surface area contributed by atoms with Gasteiger partial charge < -0.3 is 9.88 Å². The Kier molecular flexibility index (Phi) is 7.89. The standard InChI is InChI=1S/C31H37N3OS/c1-21-18-24(31(3,4)5)19-22(2)25(21)20-34-28-15-11-10-14-26(28)32-29(34)27(16-17-36-6)33-30(35)23-12-8-7-9-13-23/h7-15,18-19,27H,16-17,20H2,1-6H3,(H,33,35)/t27-/m0/s1. The molecule has 0 spiro atoms. The molecule has 0 saturated carbocycles. The van der Waals surface area contributed by atoms with Gasteiger partial charge in [-0.1, -0.05) is 63.2 Å². The van der Waals surface area contributed by atoms with Gasteiger partial charge in [0.25, 0.3) is 5.91 Å². The highest BCUT2D eigenvalue weighted by Gasteiger charge is 2.24. The van der Waals surface area contributed by atoms with Crippen LogP contribution in [-0.2, 0) is 12.0 Å². The maximum Gasteiger partial charge on any atom is 0.251 e. The minimum absolute atomic E-state index is 0.0674. The lowest BCUT2D eigenvalue weighted by Crippen LogP contribution is -2.31. The van der Waals surface area contributed by atoms with E-state index in [2.05, 4.69) is 81.1 Å². The van der Waals surface area contributed by atoms with Crippen molar-refractivity contribution in [2.24, 2.45) is 0 Å². The van der Waals surface area contributed by atoms with Crippen molar-refractivity contribution in [3.63, 3.8) is 0 Å². The minimum Gasteiger partial charge on any atom is -0.342 e. The summed E-state index contributed by atoms with van der Waals surface area (Å²) in [6.45, 7) is 11.9. The largest absolute Gasteiger partial charge is 0.342 e. The third-order valence-electron chi connectivity index (χ3n) is 6.83. The molecule has 1 aromatic heterocycles. The van der Waals surface area contributed by atoms with Gasteiger partial charge in [-0.05, 0) is 84.2 Å². The van der Waals surface area contributed by atoms with Crippen LogP contribution in [0.4, 0.5) is 0 Å². The summed E-state index contributed by atoms with van der Waals surface area (Å²) < 4.78 is 2.30. The lowest BCUT2D eigenvalue weighted by atomic mass is 9.84. The first-order chi connectivity index (χ1) is 17.2. The van der Waals surface area contributed by atoms with E-state index in [1.54, 1.807) is 11.8 Å². The number of aromatic nitrogens is 2.